The molecule has 27 heavy (non-hydrogen) atoms. The van der Waals surface area contributed by atoms with Crippen molar-refractivity contribution in [3.63, 3.8) is 0 Å². The van der Waals surface area contributed by atoms with Crippen LogP contribution >= 0.6 is 0 Å². The lowest BCUT2D eigenvalue weighted by Gasteiger charge is -2.36. The number of amides is 2. The number of fused-ring (bicyclic) bond motifs is 1. The number of carbonyl (C=O) groups is 2. The maximum Gasteiger partial charge on any atom is 0.256 e. The van der Waals surface area contributed by atoms with Gasteiger partial charge in [0, 0.05) is 26.2 Å². The van der Waals surface area contributed by atoms with Gasteiger partial charge in [-0.1, -0.05) is 36.4 Å². The first-order chi connectivity index (χ1) is 13.1. The topological polar surface area (TPSA) is 40.6 Å². The molecule has 4 rings (SSSR count). The lowest BCUT2D eigenvalue weighted by molar-refractivity contribution is -0.137. The highest BCUT2D eigenvalue weighted by Gasteiger charge is 2.33. The van der Waals surface area contributed by atoms with Gasteiger partial charge < -0.3 is 9.80 Å². The molecule has 0 unspecified atom stereocenters. The molecule has 140 valence electrons. The Labute approximate surface area is 158 Å². The molecule has 2 aromatic carbocycles. The molecule has 2 aliphatic heterocycles. The van der Waals surface area contributed by atoms with E-state index in [-0.39, 0.29) is 23.3 Å². The summed E-state index contributed by atoms with van der Waals surface area (Å²) < 4.78 is 14.0. The quantitative estimate of drug-likeness (QED) is 0.819. The molecule has 0 spiro atoms. The number of benzene rings is 2. The molecule has 1 atom stereocenters. The molecule has 2 heterocycles. The molecule has 2 aliphatic rings. The zero-order chi connectivity index (χ0) is 18.8. The third-order valence-electron chi connectivity index (χ3n) is 5.60. The molecule has 0 aromatic heterocycles. The minimum Gasteiger partial charge on any atom is -0.338 e. The Balaban J connectivity index is 1.45. The highest BCUT2D eigenvalue weighted by atomic mass is 19.1. The summed E-state index contributed by atoms with van der Waals surface area (Å²) in [5.41, 5.74) is 2.59. The normalized spacial score (nSPS) is 19.5. The van der Waals surface area contributed by atoms with E-state index in [1.807, 2.05) is 17.0 Å². The second kappa shape index (κ2) is 7.51. The number of carbonyl (C=O) groups excluding carboxylic acids is 2. The van der Waals surface area contributed by atoms with Gasteiger partial charge in [-0.25, -0.2) is 4.39 Å². The fourth-order valence-corrected chi connectivity index (χ4v) is 4.11. The fourth-order valence-electron chi connectivity index (χ4n) is 4.11. The molecule has 2 amide bonds. The number of nitrogens with zero attached hydrogens (tertiary/aromatic N) is 2. The number of hydrogen-bond donors (Lipinski definition) is 0. The van der Waals surface area contributed by atoms with Gasteiger partial charge in [-0.05, 0) is 42.5 Å². The van der Waals surface area contributed by atoms with E-state index in [0.717, 1.165) is 19.3 Å². The van der Waals surface area contributed by atoms with Crippen LogP contribution in [-0.4, -0.2) is 41.2 Å². The van der Waals surface area contributed by atoms with E-state index >= 15 is 0 Å². The first-order valence-corrected chi connectivity index (χ1v) is 9.53. The molecule has 0 bridgehead atoms. The van der Waals surface area contributed by atoms with Crippen LogP contribution in [0.1, 0.15) is 34.3 Å². The smallest absolute Gasteiger partial charge is 0.256 e. The Morgan fingerprint density at radius 2 is 1.67 bits per heavy atom. The van der Waals surface area contributed by atoms with Gasteiger partial charge in [0.15, 0.2) is 0 Å². The minimum absolute atomic E-state index is 0.0810. The first kappa shape index (κ1) is 17.7. The second-order valence-corrected chi connectivity index (χ2v) is 7.35. The van der Waals surface area contributed by atoms with Crippen molar-refractivity contribution < 1.29 is 14.0 Å². The van der Waals surface area contributed by atoms with Crippen LogP contribution in [0.2, 0.25) is 0 Å². The highest BCUT2D eigenvalue weighted by Crippen LogP contribution is 2.25. The van der Waals surface area contributed by atoms with Gasteiger partial charge in [-0.15, -0.1) is 0 Å². The van der Waals surface area contributed by atoms with Crippen LogP contribution in [-0.2, 0) is 17.8 Å². The number of hydrogen-bond acceptors (Lipinski definition) is 2. The minimum atomic E-state index is -0.511. The van der Waals surface area contributed by atoms with Crippen molar-refractivity contribution in [2.24, 2.45) is 5.92 Å². The molecule has 5 heteroatoms. The number of piperidine rings is 1. The summed E-state index contributed by atoms with van der Waals surface area (Å²) in [4.78, 5) is 29.3. The van der Waals surface area contributed by atoms with Gasteiger partial charge >= 0.3 is 0 Å². The van der Waals surface area contributed by atoms with Crippen molar-refractivity contribution in [3.8, 4) is 0 Å². The van der Waals surface area contributed by atoms with Crippen LogP contribution in [0.4, 0.5) is 4.39 Å². The molecule has 2 aromatic rings. The summed E-state index contributed by atoms with van der Waals surface area (Å²) in [6, 6.07) is 14.3. The molecule has 0 aliphatic carbocycles. The van der Waals surface area contributed by atoms with E-state index in [0.29, 0.717) is 26.2 Å². The first-order valence-electron chi connectivity index (χ1n) is 9.53. The summed E-state index contributed by atoms with van der Waals surface area (Å²) in [6.07, 6.45) is 2.41. The third kappa shape index (κ3) is 3.59. The summed E-state index contributed by atoms with van der Waals surface area (Å²) in [7, 11) is 0. The van der Waals surface area contributed by atoms with Crippen molar-refractivity contribution in [1.82, 2.24) is 9.80 Å². The van der Waals surface area contributed by atoms with Gasteiger partial charge in [0.05, 0.1) is 11.5 Å². The molecule has 1 saturated heterocycles. The Kier molecular flexibility index (Phi) is 4.92. The second-order valence-electron chi connectivity index (χ2n) is 7.35. The maximum atomic E-state index is 14.0. The Morgan fingerprint density at radius 3 is 2.48 bits per heavy atom. The largest absolute Gasteiger partial charge is 0.338 e. The molecule has 1 fully saturated rings. The molecule has 0 radical (unpaired) electrons. The lowest BCUT2D eigenvalue weighted by Crippen LogP contribution is -2.48. The fraction of sp³-hybridized carbons (Fsp3) is 0.364. The van der Waals surface area contributed by atoms with Crippen molar-refractivity contribution in [2.75, 3.05) is 19.6 Å². The number of rotatable bonds is 2. The summed E-state index contributed by atoms with van der Waals surface area (Å²) in [5, 5.41) is 0. The monoisotopic (exact) mass is 366 g/mol. The predicted octanol–water partition coefficient (Wildman–Crippen LogP) is 3.26. The Morgan fingerprint density at radius 1 is 0.926 bits per heavy atom. The highest BCUT2D eigenvalue weighted by molar-refractivity contribution is 5.95. The van der Waals surface area contributed by atoms with Crippen LogP contribution in [0.15, 0.2) is 48.5 Å². The molecule has 4 nitrogen and oxygen atoms in total. The predicted molar refractivity (Wildman–Crippen MR) is 101 cm³/mol. The zero-order valence-corrected chi connectivity index (χ0v) is 15.2. The standard InChI is InChI=1S/C22H23FN2O2/c23-20-10-4-3-9-19(20)22(27)24-12-5-8-18(15-24)21(26)25-13-11-16-6-1-2-7-17(16)14-25/h1-4,6-7,9-10,18H,5,8,11-15H2/t18-/m1/s1. The summed E-state index contributed by atoms with van der Waals surface area (Å²) in [5.74, 6) is -0.937. The number of halogens is 1. The van der Waals surface area contributed by atoms with E-state index in [1.54, 1.807) is 17.0 Å². The van der Waals surface area contributed by atoms with E-state index in [2.05, 4.69) is 12.1 Å². The van der Waals surface area contributed by atoms with Crippen LogP contribution in [0.3, 0.4) is 0 Å². The summed E-state index contributed by atoms with van der Waals surface area (Å²) >= 11 is 0. The van der Waals surface area contributed by atoms with Gasteiger partial charge in [-0.2, -0.15) is 0 Å². The van der Waals surface area contributed by atoms with E-state index < -0.39 is 5.82 Å². The van der Waals surface area contributed by atoms with Crippen LogP contribution in [0.5, 0.6) is 0 Å². The van der Waals surface area contributed by atoms with Crippen molar-refractivity contribution in [3.05, 3.63) is 71.0 Å². The van der Waals surface area contributed by atoms with E-state index in [1.165, 1.54) is 23.3 Å². The van der Waals surface area contributed by atoms with Crippen LogP contribution in [0, 0.1) is 11.7 Å². The molecule has 0 N–H and O–H groups in total. The third-order valence-corrected chi connectivity index (χ3v) is 5.60. The van der Waals surface area contributed by atoms with Crippen molar-refractivity contribution in [2.45, 2.75) is 25.8 Å². The Bertz CT molecular complexity index is 867. The van der Waals surface area contributed by atoms with Gasteiger partial charge in [0.2, 0.25) is 5.91 Å². The van der Waals surface area contributed by atoms with Crippen molar-refractivity contribution >= 4 is 11.8 Å². The van der Waals surface area contributed by atoms with Crippen LogP contribution < -0.4 is 0 Å². The zero-order valence-electron chi connectivity index (χ0n) is 15.2. The molecular weight excluding hydrogens is 343 g/mol. The molecule has 0 saturated carbocycles. The maximum absolute atomic E-state index is 14.0. The van der Waals surface area contributed by atoms with E-state index in [9.17, 15) is 14.0 Å². The average molecular weight is 366 g/mol. The number of likely N-dealkylation sites (tertiary alicyclic amines) is 1. The molecular formula is C22H23FN2O2. The van der Waals surface area contributed by atoms with E-state index in [4.69, 9.17) is 0 Å². The van der Waals surface area contributed by atoms with Gasteiger partial charge in [0.1, 0.15) is 5.82 Å². The van der Waals surface area contributed by atoms with Crippen molar-refractivity contribution in [1.29, 1.82) is 0 Å². The Hall–Kier alpha value is -2.69. The average Bonchev–Trinajstić information content (AvgIpc) is 2.73. The van der Waals surface area contributed by atoms with Gasteiger partial charge in [-0.3, -0.25) is 9.59 Å². The van der Waals surface area contributed by atoms with Gasteiger partial charge in [0.25, 0.3) is 5.91 Å². The summed E-state index contributed by atoms with van der Waals surface area (Å²) in [6.45, 7) is 2.28. The van der Waals surface area contributed by atoms with Crippen LogP contribution in [0.25, 0.3) is 0 Å². The lowest BCUT2D eigenvalue weighted by atomic mass is 9.93. The SMILES string of the molecule is O=C(c1ccccc1F)N1CCC[C@@H](C(=O)N2CCc3ccccc3C2)C1.